The largest absolute Gasteiger partial charge is 0.332 e. The van der Waals surface area contributed by atoms with Crippen LogP contribution in [0.4, 0.5) is 0 Å². The molecular formula is C14H12N2O. The molecule has 0 spiro atoms. The molecular weight excluding hydrogens is 212 g/mol. The Labute approximate surface area is 99.9 Å². The van der Waals surface area contributed by atoms with Crippen molar-refractivity contribution in [2.45, 2.75) is 13.5 Å². The number of hydrogen-bond donors (Lipinski definition) is 0. The van der Waals surface area contributed by atoms with Gasteiger partial charge in [0, 0.05) is 11.8 Å². The van der Waals surface area contributed by atoms with Crippen LogP contribution >= 0.6 is 0 Å². The van der Waals surface area contributed by atoms with Crippen molar-refractivity contribution in [2.75, 3.05) is 0 Å². The van der Waals surface area contributed by atoms with Gasteiger partial charge < -0.3 is 4.57 Å². The first-order chi connectivity index (χ1) is 8.20. The van der Waals surface area contributed by atoms with Crippen molar-refractivity contribution in [1.82, 2.24) is 4.57 Å². The Morgan fingerprint density at radius 3 is 2.65 bits per heavy atom. The molecule has 2 aromatic rings. The number of nitrogens with zero attached hydrogens (tertiary/aromatic N) is 2. The van der Waals surface area contributed by atoms with E-state index in [1.807, 2.05) is 31.2 Å². The summed E-state index contributed by atoms with van der Waals surface area (Å²) in [6.07, 6.45) is 1.74. The van der Waals surface area contributed by atoms with E-state index in [-0.39, 0.29) is 12.3 Å². The number of ketones is 1. The fraction of sp³-hybridized carbons (Fsp3) is 0.143. The number of aromatic nitrogens is 1. The van der Waals surface area contributed by atoms with E-state index < -0.39 is 0 Å². The lowest BCUT2D eigenvalue weighted by molar-refractivity contribution is 0.0972. The van der Waals surface area contributed by atoms with E-state index in [2.05, 4.69) is 6.07 Å². The Bertz CT molecular complexity index is 573. The Morgan fingerprint density at radius 1 is 1.29 bits per heavy atom. The molecule has 0 aliphatic rings. The molecule has 1 aromatic carbocycles. The zero-order chi connectivity index (χ0) is 12.3. The molecule has 3 heteroatoms. The lowest BCUT2D eigenvalue weighted by atomic mass is 10.1. The minimum atomic E-state index is 0.0118. The molecule has 0 aliphatic heterocycles. The third-order valence-electron chi connectivity index (χ3n) is 2.63. The number of benzene rings is 1. The van der Waals surface area contributed by atoms with Gasteiger partial charge in [0.05, 0.1) is 6.54 Å². The summed E-state index contributed by atoms with van der Waals surface area (Å²) in [5.74, 6) is 0.0118. The summed E-state index contributed by atoms with van der Waals surface area (Å²) >= 11 is 0. The maximum atomic E-state index is 12.0. The van der Waals surface area contributed by atoms with Crippen molar-refractivity contribution in [1.29, 1.82) is 5.26 Å². The van der Waals surface area contributed by atoms with Gasteiger partial charge in [0.15, 0.2) is 5.78 Å². The summed E-state index contributed by atoms with van der Waals surface area (Å²) < 4.78 is 1.65. The van der Waals surface area contributed by atoms with E-state index in [0.29, 0.717) is 11.3 Å². The van der Waals surface area contributed by atoms with Crippen LogP contribution < -0.4 is 0 Å². The van der Waals surface area contributed by atoms with Gasteiger partial charge in [0.2, 0.25) is 0 Å². The molecule has 2 rings (SSSR count). The topological polar surface area (TPSA) is 45.8 Å². The van der Waals surface area contributed by atoms with Gasteiger partial charge >= 0.3 is 0 Å². The van der Waals surface area contributed by atoms with E-state index >= 15 is 0 Å². The van der Waals surface area contributed by atoms with E-state index in [0.717, 1.165) is 5.56 Å². The van der Waals surface area contributed by atoms with Crippen molar-refractivity contribution < 1.29 is 4.79 Å². The van der Waals surface area contributed by atoms with Crippen LogP contribution in [0, 0.1) is 18.3 Å². The van der Waals surface area contributed by atoms with Crippen LogP contribution in [0.3, 0.4) is 0 Å². The van der Waals surface area contributed by atoms with E-state index in [1.165, 1.54) is 0 Å². The zero-order valence-corrected chi connectivity index (χ0v) is 9.55. The molecule has 3 nitrogen and oxygen atoms in total. The smallest absolute Gasteiger partial charge is 0.182 e. The van der Waals surface area contributed by atoms with E-state index in [4.69, 9.17) is 5.26 Å². The predicted molar refractivity (Wildman–Crippen MR) is 64.7 cm³/mol. The molecule has 0 atom stereocenters. The third kappa shape index (κ3) is 2.43. The maximum Gasteiger partial charge on any atom is 0.182 e. The highest BCUT2D eigenvalue weighted by atomic mass is 16.1. The molecule has 0 saturated carbocycles. The third-order valence-corrected chi connectivity index (χ3v) is 2.63. The van der Waals surface area contributed by atoms with E-state index in [9.17, 15) is 4.79 Å². The highest BCUT2D eigenvalue weighted by molar-refractivity contribution is 5.96. The van der Waals surface area contributed by atoms with Gasteiger partial charge in [0.1, 0.15) is 11.8 Å². The number of carbonyl (C=O) groups excluding carboxylic acids is 1. The number of Topliss-reactive ketones (excluding diaryl/α,β-unsaturated/α-hetero) is 1. The minimum absolute atomic E-state index is 0.0118. The average molecular weight is 224 g/mol. The Hall–Kier alpha value is -2.34. The monoisotopic (exact) mass is 224 g/mol. The minimum Gasteiger partial charge on any atom is -0.332 e. The number of aryl methyl sites for hydroxylation is 1. The molecule has 0 radical (unpaired) electrons. The molecule has 0 aliphatic carbocycles. The molecule has 84 valence electrons. The van der Waals surface area contributed by atoms with Crippen LogP contribution in [0.2, 0.25) is 0 Å². The Kier molecular flexibility index (Phi) is 3.06. The normalized spacial score (nSPS) is 9.88. The first-order valence-electron chi connectivity index (χ1n) is 5.36. The number of nitriles is 1. The van der Waals surface area contributed by atoms with Crippen molar-refractivity contribution in [3.05, 3.63) is 59.4 Å². The molecule has 17 heavy (non-hydrogen) atoms. The molecule has 1 heterocycles. The quantitative estimate of drug-likeness (QED) is 0.752. The molecule has 1 aromatic heterocycles. The first-order valence-corrected chi connectivity index (χ1v) is 5.36. The van der Waals surface area contributed by atoms with Gasteiger partial charge in [-0.3, -0.25) is 4.79 Å². The lowest BCUT2D eigenvalue weighted by Crippen LogP contribution is -2.10. The molecule has 0 saturated heterocycles. The standard InChI is InChI=1S/C14H12N2O/c1-11-4-6-12(7-5-11)14(17)10-16-8-2-3-13(16)9-15/h2-8H,10H2,1H3. The van der Waals surface area contributed by atoms with E-state index in [1.54, 1.807) is 22.9 Å². The fourth-order valence-corrected chi connectivity index (χ4v) is 1.64. The Balaban J connectivity index is 2.18. The highest BCUT2D eigenvalue weighted by Gasteiger charge is 2.08. The van der Waals surface area contributed by atoms with Crippen LogP contribution in [0.25, 0.3) is 0 Å². The lowest BCUT2D eigenvalue weighted by Gasteiger charge is -2.04. The SMILES string of the molecule is Cc1ccc(C(=O)Cn2cccc2C#N)cc1. The van der Waals surface area contributed by atoms with Gasteiger partial charge in [-0.25, -0.2) is 0 Å². The van der Waals surface area contributed by atoms with Gasteiger partial charge in [-0.15, -0.1) is 0 Å². The second-order valence-electron chi connectivity index (χ2n) is 3.92. The van der Waals surface area contributed by atoms with Crippen LogP contribution in [0.5, 0.6) is 0 Å². The number of carbonyl (C=O) groups is 1. The molecule has 0 unspecified atom stereocenters. The van der Waals surface area contributed by atoms with Gasteiger partial charge in [-0.2, -0.15) is 5.26 Å². The van der Waals surface area contributed by atoms with Crippen LogP contribution in [-0.2, 0) is 6.54 Å². The van der Waals surface area contributed by atoms with Crippen molar-refractivity contribution in [3.63, 3.8) is 0 Å². The van der Waals surface area contributed by atoms with Crippen molar-refractivity contribution in [3.8, 4) is 6.07 Å². The fourth-order valence-electron chi connectivity index (χ4n) is 1.64. The second-order valence-corrected chi connectivity index (χ2v) is 3.92. The zero-order valence-electron chi connectivity index (χ0n) is 9.55. The summed E-state index contributed by atoms with van der Waals surface area (Å²) in [6.45, 7) is 2.19. The summed E-state index contributed by atoms with van der Waals surface area (Å²) in [5, 5.41) is 8.85. The maximum absolute atomic E-state index is 12.0. The van der Waals surface area contributed by atoms with Crippen molar-refractivity contribution >= 4 is 5.78 Å². The summed E-state index contributed by atoms with van der Waals surface area (Å²) in [4.78, 5) is 12.0. The predicted octanol–water partition coefficient (Wildman–Crippen LogP) is 2.55. The molecule has 0 bridgehead atoms. The molecule has 0 N–H and O–H groups in total. The second kappa shape index (κ2) is 4.67. The van der Waals surface area contributed by atoms with Gasteiger partial charge in [-0.05, 0) is 19.1 Å². The summed E-state index contributed by atoms with van der Waals surface area (Å²) in [7, 11) is 0. The molecule has 0 fully saturated rings. The summed E-state index contributed by atoms with van der Waals surface area (Å²) in [5.41, 5.74) is 2.30. The average Bonchev–Trinajstić information content (AvgIpc) is 2.77. The first kappa shape index (κ1) is 11.2. The highest BCUT2D eigenvalue weighted by Crippen LogP contribution is 2.07. The van der Waals surface area contributed by atoms with Crippen LogP contribution in [0.1, 0.15) is 21.6 Å². The van der Waals surface area contributed by atoms with Gasteiger partial charge in [0.25, 0.3) is 0 Å². The number of hydrogen-bond acceptors (Lipinski definition) is 2. The van der Waals surface area contributed by atoms with Gasteiger partial charge in [-0.1, -0.05) is 29.8 Å². The van der Waals surface area contributed by atoms with Crippen LogP contribution in [-0.4, -0.2) is 10.4 Å². The van der Waals surface area contributed by atoms with Crippen LogP contribution in [0.15, 0.2) is 42.6 Å². The Morgan fingerprint density at radius 2 is 2.00 bits per heavy atom. The summed E-state index contributed by atoms with van der Waals surface area (Å²) in [6, 6.07) is 13.0. The molecule has 0 amide bonds. The van der Waals surface area contributed by atoms with Crippen molar-refractivity contribution in [2.24, 2.45) is 0 Å². The number of rotatable bonds is 3.